The van der Waals surface area contributed by atoms with Crippen LogP contribution in [0.1, 0.15) is 24.6 Å². The summed E-state index contributed by atoms with van der Waals surface area (Å²) in [6, 6.07) is 10.8. The monoisotopic (exact) mass is 282 g/mol. The predicted molar refractivity (Wildman–Crippen MR) is 81.2 cm³/mol. The third-order valence-electron chi connectivity index (χ3n) is 3.70. The largest absolute Gasteiger partial charge is 0.297 e. The van der Waals surface area contributed by atoms with Gasteiger partial charge in [0.2, 0.25) is 0 Å². The molecular formula is C15H14N4S. The lowest BCUT2D eigenvalue weighted by atomic mass is 10.1. The van der Waals surface area contributed by atoms with Crippen molar-refractivity contribution in [2.24, 2.45) is 0 Å². The van der Waals surface area contributed by atoms with Crippen LogP contribution in [0.15, 0.2) is 30.3 Å². The van der Waals surface area contributed by atoms with E-state index in [1.165, 1.54) is 12.8 Å². The highest BCUT2D eigenvalue weighted by molar-refractivity contribution is 7.71. The summed E-state index contributed by atoms with van der Waals surface area (Å²) >= 11 is 5.37. The van der Waals surface area contributed by atoms with Gasteiger partial charge in [-0.25, -0.2) is 0 Å². The van der Waals surface area contributed by atoms with E-state index < -0.39 is 0 Å². The number of H-pyrrole nitrogens is 1. The number of aromatic nitrogens is 4. The third kappa shape index (κ3) is 1.78. The number of benzene rings is 1. The lowest BCUT2D eigenvalue weighted by Crippen LogP contribution is -1.99. The number of nitrogens with one attached hydrogen (secondary N) is 1. The van der Waals surface area contributed by atoms with E-state index in [1.807, 2.05) is 25.1 Å². The maximum absolute atomic E-state index is 5.37. The van der Waals surface area contributed by atoms with Crippen molar-refractivity contribution in [1.29, 1.82) is 0 Å². The van der Waals surface area contributed by atoms with Crippen molar-refractivity contribution in [3.8, 4) is 11.4 Å². The van der Waals surface area contributed by atoms with E-state index in [2.05, 4.69) is 31.9 Å². The second-order valence-electron chi connectivity index (χ2n) is 5.28. The summed E-state index contributed by atoms with van der Waals surface area (Å²) in [5, 5.41) is 8.51. The number of fused-ring (bicyclic) bond motifs is 1. The van der Waals surface area contributed by atoms with Gasteiger partial charge >= 0.3 is 0 Å². The molecule has 0 bridgehead atoms. The van der Waals surface area contributed by atoms with Crippen LogP contribution in [0.25, 0.3) is 22.3 Å². The van der Waals surface area contributed by atoms with Gasteiger partial charge in [0.15, 0.2) is 10.6 Å². The van der Waals surface area contributed by atoms with Crippen LogP contribution in [0.4, 0.5) is 0 Å². The first kappa shape index (κ1) is 11.8. The van der Waals surface area contributed by atoms with Crippen molar-refractivity contribution >= 4 is 23.1 Å². The van der Waals surface area contributed by atoms with Gasteiger partial charge in [-0.1, -0.05) is 18.2 Å². The van der Waals surface area contributed by atoms with Gasteiger partial charge in [-0.05, 0) is 44.1 Å². The normalized spacial score (nSPS) is 14.8. The number of para-hydroxylation sites is 1. The highest BCUT2D eigenvalue weighted by Crippen LogP contribution is 2.39. The van der Waals surface area contributed by atoms with E-state index in [9.17, 15) is 0 Å². The Morgan fingerprint density at radius 1 is 1.30 bits per heavy atom. The molecule has 0 atom stereocenters. The van der Waals surface area contributed by atoms with Crippen LogP contribution in [0, 0.1) is 11.7 Å². The fraction of sp³-hybridized carbons (Fsp3) is 0.267. The molecule has 4 rings (SSSR count). The third-order valence-corrected chi connectivity index (χ3v) is 3.99. The minimum Gasteiger partial charge on any atom is -0.297 e. The standard InChI is InChI=1S/C15H14N4S/c1-9-8-12(11-4-2-3-5-13(11)16-9)14-17-18-15(20)19(14)10-6-7-10/h2-5,8,10H,6-7H2,1H3,(H,18,20). The SMILES string of the molecule is Cc1cc(-c2n[nH]c(=S)n2C2CC2)c2ccccc2n1. The first-order valence-electron chi connectivity index (χ1n) is 6.78. The smallest absolute Gasteiger partial charge is 0.195 e. The van der Waals surface area contributed by atoms with Crippen LogP contribution in [0.5, 0.6) is 0 Å². The van der Waals surface area contributed by atoms with E-state index in [0.29, 0.717) is 10.8 Å². The number of nitrogens with zero attached hydrogens (tertiary/aromatic N) is 3. The van der Waals surface area contributed by atoms with E-state index in [-0.39, 0.29) is 0 Å². The Bertz CT molecular complexity index is 858. The molecule has 1 N–H and O–H groups in total. The molecule has 1 fully saturated rings. The predicted octanol–water partition coefficient (Wildman–Crippen LogP) is 3.80. The minimum absolute atomic E-state index is 0.503. The minimum atomic E-state index is 0.503. The summed E-state index contributed by atoms with van der Waals surface area (Å²) in [5.74, 6) is 0.930. The van der Waals surface area contributed by atoms with Gasteiger partial charge in [-0.15, -0.1) is 0 Å². The zero-order valence-electron chi connectivity index (χ0n) is 11.1. The first-order chi connectivity index (χ1) is 9.74. The Morgan fingerprint density at radius 2 is 2.10 bits per heavy atom. The number of rotatable bonds is 2. The Labute approximate surface area is 121 Å². The van der Waals surface area contributed by atoms with Gasteiger partial charge < -0.3 is 0 Å². The van der Waals surface area contributed by atoms with Crippen molar-refractivity contribution < 1.29 is 0 Å². The van der Waals surface area contributed by atoms with E-state index >= 15 is 0 Å². The molecule has 0 spiro atoms. The summed E-state index contributed by atoms with van der Waals surface area (Å²) in [5.41, 5.74) is 3.10. The Kier molecular flexibility index (Phi) is 2.50. The van der Waals surface area contributed by atoms with Crippen LogP contribution in [0.3, 0.4) is 0 Å². The molecule has 20 heavy (non-hydrogen) atoms. The van der Waals surface area contributed by atoms with Crippen LogP contribution >= 0.6 is 12.2 Å². The maximum atomic E-state index is 5.37. The molecule has 0 unspecified atom stereocenters. The highest BCUT2D eigenvalue weighted by atomic mass is 32.1. The van der Waals surface area contributed by atoms with Crippen LogP contribution in [-0.4, -0.2) is 19.7 Å². The fourth-order valence-electron chi connectivity index (χ4n) is 2.66. The molecule has 1 saturated carbocycles. The lowest BCUT2D eigenvalue weighted by molar-refractivity contribution is 0.735. The molecule has 2 aromatic heterocycles. The Morgan fingerprint density at radius 3 is 2.90 bits per heavy atom. The number of pyridine rings is 1. The van der Waals surface area contributed by atoms with Crippen molar-refractivity contribution in [3.63, 3.8) is 0 Å². The molecule has 4 nitrogen and oxygen atoms in total. The van der Waals surface area contributed by atoms with Crippen molar-refractivity contribution in [2.45, 2.75) is 25.8 Å². The van der Waals surface area contributed by atoms with Crippen molar-refractivity contribution in [3.05, 3.63) is 40.8 Å². The molecule has 1 aliphatic carbocycles. The second-order valence-corrected chi connectivity index (χ2v) is 5.67. The number of aromatic amines is 1. The molecule has 100 valence electrons. The molecule has 0 radical (unpaired) electrons. The highest BCUT2D eigenvalue weighted by Gasteiger charge is 2.28. The Balaban J connectivity index is 2.05. The summed E-state index contributed by atoms with van der Waals surface area (Å²) < 4.78 is 2.86. The van der Waals surface area contributed by atoms with E-state index in [0.717, 1.165) is 28.0 Å². The van der Waals surface area contributed by atoms with Gasteiger partial charge in [0.1, 0.15) is 0 Å². The summed E-state index contributed by atoms with van der Waals surface area (Å²) in [4.78, 5) is 4.59. The van der Waals surface area contributed by atoms with Crippen molar-refractivity contribution in [2.75, 3.05) is 0 Å². The molecule has 0 amide bonds. The number of hydrogen-bond acceptors (Lipinski definition) is 3. The van der Waals surface area contributed by atoms with Gasteiger partial charge in [0, 0.05) is 22.7 Å². The van der Waals surface area contributed by atoms with E-state index in [1.54, 1.807) is 0 Å². The number of hydrogen-bond donors (Lipinski definition) is 1. The first-order valence-corrected chi connectivity index (χ1v) is 7.18. The number of aryl methyl sites for hydroxylation is 1. The zero-order valence-corrected chi connectivity index (χ0v) is 11.9. The lowest BCUT2D eigenvalue weighted by Gasteiger charge is -2.09. The summed E-state index contributed by atoms with van der Waals surface area (Å²) in [7, 11) is 0. The van der Waals surface area contributed by atoms with Crippen LogP contribution in [-0.2, 0) is 0 Å². The van der Waals surface area contributed by atoms with Gasteiger partial charge in [-0.3, -0.25) is 14.6 Å². The van der Waals surface area contributed by atoms with Crippen molar-refractivity contribution in [1.82, 2.24) is 19.7 Å². The topological polar surface area (TPSA) is 46.5 Å². The molecule has 0 saturated heterocycles. The average Bonchev–Trinajstić information content (AvgIpc) is 3.21. The zero-order chi connectivity index (χ0) is 13.7. The van der Waals surface area contributed by atoms with Gasteiger partial charge in [-0.2, -0.15) is 5.10 Å². The molecule has 3 aromatic rings. The molecule has 2 heterocycles. The van der Waals surface area contributed by atoms with Gasteiger partial charge in [0.25, 0.3) is 0 Å². The molecule has 1 aliphatic rings. The second kappa shape index (κ2) is 4.24. The summed E-state index contributed by atoms with van der Waals surface area (Å²) in [6.45, 7) is 2.01. The molecule has 0 aliphatic heterocycles. The summed E-state index contributed by atoms with van der Waals surface area (Å²) in [6.07, 6.45) is 2.37. The molecular weight excluding hydrogens is 268 g/mol. The quantitative estimate of drug-likeness (QED) is 0.727. The molecule has 1 aromatic carbocycles. The van der Waals surface area contributed by atoms with Gasteiger partial charge in [0.05, 0.1) is 5.52 Å². The maximum Gasteiger partial charge on any atom is 0.195 e. The van der Waals surface area contributed by atoms with Crippen LogP contribution < -0.4 is 0 Å². The Hall–Kier alpha value is -2.01. The molecule has 5 heteroatoms. The van der Waals surface area contributed by atoms with E-state index in [4.69, 9.17) is 12.2 Å². The fourth-order valence-corrected chi connectivity index (χ4v) is 2.94. The van der Waals surface area contributed by atoms with Crippen LogP contribution in [0.2, 0.25) is 0 Å². The average molecular weight is 282 g/mol.